The maximum atomic E-state index is 12.8. The molecule has 6 heteroatoms. The number of carboxylic acids is 1. The van der Waals surface area contributed by atoms with E-state index in [1.807, 2.05) is 20.8 Å². The van der Waals surface area contributed by atoms with E-state index in [0.29, 0.717) is 32.7 Å². The second-order valence-electron chi connectivity index (χ2n) is 6.32. The highest BCUT2D eigenvalue weighted by atomic mass is 32.2. The Bertz CT molecular complexity index is 414. The van der Waals surface area contributed by atoms with Crippen LogP contribution in [0.5, 0.6) is 0 Å². The molecule has 1 amide bonds. The van der Waals surface area contributed by atoms with Gasteiger partial charge >= 0.3 is 5.97 Å². The van der Waals surface area contributed by atoms with Crippen molar-refractivity contribution < 1.29 is 19.4 Å². The van der Waals surface area contributed by atoms with Gasteiger partial charge in [-0.1, -0.05) is 20.8 Å². The molecule has 2 saturated heterocycles. The van der Waals surface area contributed by atoms with Crippen molar-refractivity contribution in [3.63, 3.8) is 0 Å². The molecule has 5 nitrogen and oxygen atoms in total. The second kappa shape index (κ2) is 6.57. The van der Waals surface area contributed by atoms with E-state index in [2.05, 4.69) is 0 Å². The van der Waals surface area contributed by atoms with Gasteiger partial charge in [-0.05, 0) is 18.1 Å². The molecule has 1 unspecified atom stereocenters. The topological polar surface area (TPSA) is 66.8 Å². The SMILES string of the molecule is CCSC(C(=O)N1C[C@H]2COCC[C@@]2(C(=O)O)C1)C(C)C. The average Bonchev–Trinajstić information content (AvgIpc) is 2.84. The van der Waals surface area contributed by atoms with Gasteiger partial charge in [0.2, 0.25) is 5.91 Å². The lowest BCUT2D eigenvalue weighted by molar-refractivity contribution is -0.157. The van der Waals surface area contributed by atoms with Gasteiger partial charge in [-0.2, -0.15) is 0 Å². The van der Waals surface area contributed by atoms with E-state index in [1.165, 1.54) is 0 Å². The van der Waals surface area contributed by atoms with Crippen molar-refractivity contribution in [1.29, 1.82) is 0 Å². The van der Waals surface area contributed by atoms with Crippen LogP contribution in [0, 0.1) is 17.3 Å². The van der Waals surface area contributed by atoms with Crippen LogP contribution in [0.2, 0.25) is 0 Å². The third-order valence-electron chi connectivity index (χ3n) is 4.64. The first kappa shape index (κ1) is 16.6. The normalized spacial score (nSPS) is 30.3. The first-order valence-electron chi connectivity index (χ1n) is 7.64. The summed E-state index contributed by atoms with van der Waals surface area (Å²) in [5, 5.41) is 9.57. The Morgan fingerprint density at radius 2 is 2.19 bits per heavy atom. The fraction of sp³-hybridized carbons (Fsp3) is 0.867. The summed E-state index contributed by atoms with van der Waals surface area (Å²) in [7, 11) is 0. The van der Waals surface area contributed by atoms with E-state index in [1.54, 1.807) is 16.7 Å². The third-order valence-corrected chi connectivity index (χ3v) is 6.08. The minimum atomic E-state index is -0.799. The van der Waals surface area contributed by atoms with Crippen molar-refractivity contribution in [2.45, 2.75) is 32.4 Å². The molecule has 0 aromatic carbocycles. The number of ether oxygens (including phenoxy) is 1. The van der Waals surface area contributed by atoms with Crippen LogP contribution < -0.4 is 0 Å². The number of aliphatic carboxylic acids is 1. The molecule has 2 aliphatic heterocycles. The molecule has 1 N–H and O–H groups in total. The molecule has 0 aromatic heterocycles. The molecule has 0 aromatic rings. The molecule has 2 aliphatic rings. The molecular weight excluding hydrogens is 290 g/mol. The van der Waals surface area contributed by atoms with Crippen molar-refractivity contribution in [3.8, 4) is 0 Å². The highest BCUT2D eigenvalue weighted by molar-refractivity contribution is 8.00. The lowest BCUT2D eigenvalue weighted by Gasteiger charge is -2.34. The summed E-state index contributed by atoms with van der Waals surface area (Å²) < 4.78 is 5.44. The monoisotopic (exact) mass is 315 g/mol. The van der Waals surface area contributed by atoms with Gasteiger partial charge in [-0.15, -0.1) is 11.8 Å². The summed E-state index contributed by atoms with van der Waals surface area (Å²) in [6, 6.07) is 0. The highest BCUT2D eigenvalue weighted by Gasteiger charge is 2.55. The van der Waals surface area contributed by atoms with Crippen LogP contribution in [-0.4, -0.2) is 59.2 Å². The van der Waals surface area contributed by atoms with Crippen LogP contribution in [-0.2, 0) is 14.3 Å². The van der Waals surface area contributed by atoms with Gasteiger partial charge in [0, 0.05) is 25.6 Å². The van der Waals surface area contributed by atoms with Gasteiger partial charge in [0.25, 0.3) is 0 Å². The second-order valence-corrected chi connectivity index (χ2v) is 7.74. The summed E-state index contributed by atoms with van der Waals surface area (Å²) in [6.07, 6.45) is 0.504. The van der Waals surface area contributed by atoms with Crippen molar-refractivity contribution in [3.05, 3.63) is 0 Å². The zero-order chi connectivity index (χ0) is 15.6. The molecule has 0 spiro atoms. The van der Waals surface area contributed by atoms with Crippen LogP contribution >= 0.6 is 11.8 Å². The quantitative estimate of drug-likeness (QED) is 0.836. The fourth-order valence-electron chi connectivity index (χ4n) is 3.38. The Balaban J connectivity index is 2.15. The summed E-state index contributed by atoms with van der Waals surface area (Å²) >= 11 is 1.65. The summed E-state index contributed by atoms with van der Waals surface area (Å²) in [5.74, 6) is 0.371. The van der Waals surface area contributed by atoms with Crippen LogP contribution in [0.3, 0.4) is 0 Å². The van der Waals surface area contributed by atoms with Crippen molar-refractivity contribution in [2.24, 2.45) is 17.3 Å². The Morgan fingerprint density at radius 1 is 1.48 bits per heavy atom. The number of fused-ring (bicyclic) bond motifs is 1. The summed E-state index contributed by atoms with van der Waals surface area (Å²) in [5.41, 5.74) is -0.799. The van der Waals surface area contributed by atoms with Gasteiger partial charge in [-0.3, -0.25) is 9.59 Å². The van der Waals surface area contributed by atoms with Crippen molar-refractivity contribution in [2.75, 3.05) is 32.1 Å². The Hall–Kier alpha value is -0.750. The van der Waals surface area contributed by atoms with Crippen LogP contribution in [0.4, 0.5) is 0 Å². The van der Waals surface area contributed by atoms with E-state index in [0.717, 1.165) is 5.75 Å². The van der Waals surface area contributed by atoms with E-state index in [9.17, 15) is 14.7 Å². The van der Waals surface area contributed by atoms with E-state index in [-0.39, 0.29) is 23.0 Å². The molecule has 120 valence electrons. The zero-order valence-corrected chi connectivity index (χ0v) is 13.8. The largest absolute Gasteiger partial charge is 0.481 e. The number of amides is 1. The summed E-state index contributed by atoms with van der Waals surface area (Å²) in [4.78, 5) is 26.3. The van der Waals surface area contributed by atoms with Crippen LogP contribution in [0.1, 0.15) is 27.2 Å². The Morgan fingerprint density at radius 3 is 2.71 bits per heavy atom. The smallest absolute Gasteiger partial charge is 0.311 e. The molecule has 0 saturated carbocycles. The predicted molar refractivity (Wildman–Crippen MR) is 82.3 cm³/mol. The van der Waals surface area contributed by atoms with Crippen molar-refractivity contribution >= 4 is 23.6 Å². The van der Waals surface area contributed by atoms with E-state index in [4.69, 9.17) is 4.74 Å². The number of hydrogen-bond acceptors (Lipinski definition) is 4. The third kappa shape index (κ3) is 3.06. The number of carbonyl (C=O) groups is 2. The molecule has 2 fully saturated rings. The lowest BCUT2D eigenvalue weighted by atomic mass is 9.74. The Kier molecular flexibility index (Phi) is 5.20. The average molecular weight is 315 g/mol. The van der Waals surface area contributed by atoms with Gasteiger partial charge in [0.05, 0.1) is 17.3 Å². The van der Waals surface area contributed by atoms with Crippen LogP contribution in [0.15, 0.2) is 0 Å². The molecule has 0 aliphatic carbocycles. The molecule has 2 heterocycles. The standard InChI is InChI=1S/C15H25NO4S/c1-4-21-12(10(2)3)13(17)16-7-11-8-20-6-5-15(11,9-16)14(18)19/h10-12H,4-9H2,1-3H3,(H,18,19)/t11-,12?,15+/m0/s1. The van der Waals surface area contributed by atoms with Gasteiger partial charge < -0.3 is 14.7 Å². The molecule has 2 rings (SSSR count). The molecular formula is C15H25NO4S. The number of hydrogen-bond donors (Lipinski definition) is 1. The minimum absolute atomic E-state index is 0.0767. The first-order chi connectivity index (χ1) is 9.92. The van der Waals surface area contributed by atoms with E-state index >= 15 is 0 Å². The van der Waals surface area contributed by atoms with Crippen molar-refractivity contribution in [1.82, 2.24) is 4.90 Å². The number of carbonyl (C=O) groups excluding carboxylic acids is 1. The van der Waals surface area contributed by atoms with Gasteiger partial charge in [-0.25, -0.2) is 0 Å². The first-order valence-corrected chi connectivity index (χ1v) is 8.68. The Labute approximate surface area is 130 Å². The molecule has 0 bridgehead atoms. The number of carboxylic acid groups (broad SMARTS) is 1. The lowest BCUT2D eigenvalue weighted by Crippen LogP contribution is -2.45. The zero-order valence-electron chi connectivity index (χ0n) is 13.0. The molecule has 0 radical (unpaired) electrons. The highest BCUT2D eigenvalue weighted by Crippen LogP contribution is 2.43. The number of thioether (sulfide) groups is 1. The fourth-order valence-corrected chi connectivity index (χ4v) is 4.41. The van der Waals surface area contributed by atoms with E-state index < -0.39 is 11.4 Å². The minimum Gasteiger partial charge on any atom is -0.481 e. The number of nitrogens with zero attached hydrogens (tertiary/aromatic N) is 1. The van der Waals surface area contributed by atoms with Gasteiger partial charge in [0.1, 0.15) is 0 Å². The molecule has 3 atom stereocenters. The predicted octanol–water partition coefficient (Wildman–Crippen LogP) is 1.71. The number of likely N-dealkylation sites (tertiary alicyclic amines) is 1. The maximum Gasteiger partial charge on any atom is 0.311 e. The number of rotatable bonds is 5. The summed E-state index contributed by atoms with van der Waals surface area (Å²) in [6.45, 7) is 7.91. The van der Waals surface area contributed by atoms with Gasteiger partial charge in [0.15, 0.2) is 0 Å². The van der Waals surface area contributed by atoms with Crippen LogP contribution in [0.25, 0.3) is 0 Å². The maximum absolute atomic E-state index is 12.8. The molecule has 21 heavy (non-hydrogen) atoms.